The number of benzene rings is 1. The summed E-state index contributed by atoms with van der Waals surface area (Å²) in [6, 6.07) is 10.6. The minimum Gasteiger partial charge on any atom is -0.352 e. The standard InChI is InChI=1S/C20H29N5/c1-19(2)15-25(20(19,3)4)18(21-5)22-13-16-8-6-9-17(12-16)14-24-11-7-10-23-24/h6-12H,13-15H2,1-5H3,(H,21,22). The molecule has 1 fully saturated rings. The Bertz CT molecular complexity index is 743. The van der Waals surface area contributed by atoms with Gasteiger partial charge in [0.15, 0.2) is 5.96 Å². The van der Waals surface area contributed by atoms with Gasteiger partial charge in [-0.15, -0.1) is 0 Å². The normalized spacial score (nSPS) is 18.8. The Morgan fingerprint density at radius 1 is 1.20 bits per heavy atom. The molecule has 0 aliphatic carbocycles. The predicted molar refractivity (Wildman–Crippen MR) is 103 cm³/mol. The second-order valence-electron chi connectivity index (χ2n) is 7.95. The van der Waals surface area contributed by atoms with Crippen molar-refractivity contribution in [2.75, 3.05) is 13.6 Å². The van der Waals surface area contributed by atoms with Gasteiger partial charge in [-0.2, -0.15) is 5.10 Å². The SMILES string of the molecule is CN=C(NCc1cccc(Cn2cccn2)c1)N1CC(C)(C)C1(C)C. The molecule has 3 rings (SSSR count). The lowest BCUT2D eigenvalue weighted by molar-refractivity contribution is -0.0667. The Hall–Kier alpha value is -2.30. The number of aromatic nitrogens is 2. The van der Waals surface area contributed by atoms with E-state index < -0.39 is 0 Å². The average Bonchev–Trinajstić information content (AvgIpc) is 3.07. The molecule has 1 N–H and O–H groups in total. The van der Waals surface area contributed by atoms with E-state index in [0.717, 1.165) is 25.6 Å². The summed E-state index contributed by atoms with van der Waals surface area (Å²) in [7, 11) is 1.86. The number of rotatable bonds is 4. The Labute approximate surface area is 150 Å². The van der Waals surface area contributed by atoms with Crippen molar-refractivity contribution in [3.05, 3.63) is 53.9 Å². The van der Waals surface area contributed by atoms with Crippen molar-refractivity contribution in [3.8, 4) is 0 Å². The van der Waals surface area contributed by atoms with Gasteiger partial charge >= 0.3 is 0 Å². The summed E-state index contributed by atoms with van der Waals surface area (Å²) < 4.78 is 1.94. The minimum atomic E-state index is 0.108. The fourth-order valence-electron chi connectivity index (χ4n) is 3.30. The number of nitrogens with one attached hydrogen (secondary N) is 1. The summed E-state index contributed by atoms with van der Waals surface area (Å²) in [6.07, 6.45) is 3.80. The highest BCUT2D eigenvalue weighted by Gasteiger charge is 2.53. The second-order valence-corrected chi connectivity index (χ2v) is 7.95. The molecule has 5 heteroatoms. The maximum absolute atomic E-state index is 4.49. The summed E-state index contributed by atoms with van der Waals surface area (Å²) in [4.78, 5) is 6.85. The third kappa shape index (κ3) is 3.41. The summed E-state index contributed by atoms with van der Waals surface area (Å²) in [5.41, 5.74) is 2.91. The van der Waals surface area contributed by atoms with Gasteiger partial charge in [-0.25, -0.2) is 0 Å². The van der Waals surface area contributed by atoms with E-state index >= 15 is 0 Å². The smallest absolute Gasteiger partial charge is 0.194 e. The van der Waals surface area contributed by atoms with Crippen molar-refractivity contribution in [1.29, 1.82) is 0 Å². The van der Waals surface area contributed by atoms with Gasteiger partial charge < -0.3 is 10.2 Å². The predicted octanol–water partition coefficient (Wildman–Crippen LogP) is 3.13. The van der Waals surface area contributed by atoms with Gasteiger partial charge in [-0.3, -0.25) is 9.67 Å². The first kappa shape index (κ1) is 17.5. The number of hydrogen-bond donors (Lipinski definition) is 1. The van der Waals surface area contributed by atoms with E-state index in [0.29, 0.717) is 5.41 Å². The number of hydrogen-bond acceptors (Lipinski definition) is 2. The van der Waals surface area contributed by atoms with Gasteiger partial charge in [-0.05, 0) is 31.0 Å². The van der Waals surface area contributed by atoms with Gasteiger partial charge in [0.2, 0.25) is 0 Å². The van der Waals surface area contributed by atoms with Crippen LogP contribution in [0.15, 0.2) is 47.7 Å². The summed E-state index contributed by atoms with van der Waals surface area (Å²) in [5.74, 6) is 0.974. The van der Waals surface area contributed by atoms with Crippen LogP contribution in [-0.2, 0) is 13.1 Å². The minimum absolute atomic E-state index is 0.108. The summed E-state index contributed by atoms with van der Waals surface area (Å²) in [5, 5.41) is 7.80. The number of nitrogens with zero attached hydrogens (tertiary/aromatic N) is 4. The largest absolute Gasteiger partial charge is 0.352 e. The van der Waals surface area contributed by atoms with Crippen LogP contribution < -0.4 is 5.32 Å². The Morgan fingerprint density at radius 3 is 2.56 bits per heavy atom. The first-order chi connectivity index (χ1) is 11.8. The highest BCUT2D eigenvalue weighted by Crippen LogP contribution is 2.46. The molecule has 1 aliphatic heterocycles. The summed E-state index contributed by atoms with van der Waals surface area (Å²) >= 11 is 0. The van der Waals surface area contributed by atoms with E-state index in [1.807, 2.05) is 30.2 Å². The number of aliphatic imine (C=N–C) groups is 1. The highest BCUT2D eigenvalue weighted by atomic mass is 15.4. The molecule has 2 aromatic rings. The molecule has 0 saturated carbocycles. The van der Waals surface area contributed by atoms with Crippen molar-refractivity contribution in [2.24, 2.45) is 10.4 Å². The lowest BCUT2D eigenvalue weighted by Crippen LogP contribution is -2.72. The maximum Gasteiger partial charge on any atom is 0.194 e. The van der Waals surface area contributed by atoms with Crippen molar-refractivity contribution in [3.63, 3.8) is 0 Å². The van der Waals surface area contributed by atoms with E-state index in [2.05, 4.69) is 72.3 Å². The molecule has 0 amide bonds. The van der Waals surface area contributed by atoms with Crippen molar-refractivity contribution >= 4 is 5.96 Å². The second kappa shape index (κ2) is 6.54. The van der Waals surface area contributed by atoms with E-state index in [-0.39, 0.29) is 5.54 Å². The molecule has 0 atom stereocenters. The molecule has 1 saturated heterocycles. The van der Waals surface area contributed by atoms with Crippen molar-refractivity contribution < 1.29 is 0 Å². The quantitative estimate of drug-likeness (QED) is 0.688. The number of guanidine groups is 1. The molecule has 0 radical (unpaired) electrons. The molecular weight excluding hydrogens is 310 g/mol. The van der Waals surface area contributed by atoms with Crippen LogP contribution in [0.2, 0.25) is 0 Å². The monoisotopic (exact) mass is 339 g/mol. The fraction of sp³-hybridized carbons (Fsp3) is 0.500. The molecule has 0 bridgehead atoms. The van der Waals surface area contributed by atoms with Gasteiger partial charge in [0.1, 0.15) is 0 Å². The van der Waals surface area contributed by atoms with E-state index in [1.165, 1.54) is 11.1 Å². The zero-order valence-electron chi connectivity index (χ0n) is 16.0. The van der Waals surface area contributed by atoms with E-state index in [4.69, 9.17) is 0 Å². The van der Waals surface area contributed by atoms with Gasteiger partial charge in [0, 0.05) is 43.5 Å². The van der Waals surface area contributed by atoms with Crippen LogP contribution >= 0.6 is 0 Å². The Morgan fingerprint density at radius 2 is 1.96 bits per heavy atom. The third-order valence-corrected chi connectivity index (χ3v) is 5.70. The molecule has 5 nitrogen and oxygen atoms in total. The molecule has 1 aliphatic rings. The van der Waals surface area contributed by atoms with Crippen LogP contribution in [0.3, 0.4) is 0 Å². The van der Waals surface area contributed by atoms with Gasteiger partial charge in [0.25, 0.3) is 0 Å². The lowest BCUT2D eigenvalue weighted by Gasteiger charge is -2.62. The van der Waals surface area contributed by atoms with Crippen LogP contribution in [0.25, 0.3) is 0 Å². The van der Waals surface area contributed by atoms with E-state index in [1.54, 1.807) is 0 Å². The topological polar surface area (TPSA) is 45.5 Å². The van der Waals surface area contributed by atoms with Crippen LogP contribution in [0.4, 0.5) is 0 Å². The third-order valence-electron chi connectivity index (χ3n) is 5.70. The fourth-order valence-corrected chi connectivity index (χ4v) is 3.30. The Balaban J connectivity index is 1.63. The van der Waals surface area contributed by atoms with E-state index in [9.17, 15) is 0 Å². The Kier molecular flexibility index (Phi) is 4.58. The van der Waals surface area contributed by atoms with Crippen molar-refractivity contribution in [2.45, 2.75) is 46.3 Å². The average molecular weight is 339 g/mol. The van der Waals surface area contributed by atoms with Gasteiger partial charge in [-0.1, -0.05) is 38.1 Å². The molecule has 0 unspecified atom stereocenters. The summed E-state index contributed by atoms with van der Waals surface area (Å²) in [6.45, 7) is 11.8. The molecule has 1 aromatic carbocycles. The molecule has 0 spiro atoms. The molecular formula is C20H29N5. The van der Waals surface area contributed by atoms with Crippen LogP contribution in [0.5, 0.6) is 0 Å². The zero-order chi connectivity index (χ0) is 18.1. The molecule has 25 heavy (non-hydrogen) atoms. The van der Waals surface area contributed by atoms with Crippen LogP contribution in [-0.4, -0.2) is 39.8 Å². The van der Waals surface area contributed by atoms with Gasteiger partial charge in [0.05, 0.1) is 6.54 Å². The molecule has 134 valence electrons. The van der Waals surface area contributed by atoms with Crippen LogP contribution in [0.1, 0.15) is 38.8 Å². The molecule has 2 heterocycles. The highest BCUT2D eigenvalue weighted by molar-refractivity contribution is 5.82. The first-order valence-corrected chi connectivity index (χ1v) is 8.87. The zero-order valence-corrected chi connectivity index (χ0v) is 16.0. The lowest BCUT2D eigenvalue weighted by atomic mass is 9.65. The first-order valence-electron chi connectivity index (χ1n) is 8.87. The maximum atomic E-state index is 4.49. The van der Waals surface area contributed by atoms with Crippen LogP contribution in [0, 0.1) is 5.41 Å². The number of likely N-dealkylation sites (tertiary alicyclic amines) is 1. The van der Waals surface area contributed by atoms with Crippen molar-refractivity contribution in [1.82, 2.24) is 20.0 Å². The molecule has 1 aromatic heterocycles.